The van der Waals surface area contributed by atoms with Gasteiger partial charge < -0.3 is 10.2 Å². The van der Waals surface area contributed by atoms with Crippen molar-refractivity contribution in [3.63, 3.8) is 0 Å². The molecule has 2 rings (SSSR count). The van der Waals surface area contributed by atoms with Gasteiger partial charge in [0.25, 0.3) is 5.91 Å². The molecule has 0 radical (unpaired) electrons. The lowest BCUT2D eigenvalue weighted by Crippen LogP contribution is -2.35. The van der Waals surface area contributed by atoms with E-state index in [0.29, 0.717) is 13.1 Å². The van der Waals surface area contributed by atoms with Gasteiger partial charge in [0.05, 0.1) is 0 Å². The number of rotatable bonds is 1. The highest BCUT2D eigenvalue weighted by Crippen LogP contribution is 2.08. The molecule has 1 aliphatic rings. The van der Waals surface area contributed by atoms with Gasteiger partial charge in [-0.2, -0.15) is 0 Å². The Kier molecular flexibility index (Phi) is 3.46. The summed E-state index contributed by atoms with van der Waals surface area (Å²) in [6.07, 6.45) is 2.33. The molecule has 2 heterocycles. The maximum Gasteiger partial charge on any atom is 0.275 e. The summed E-state index contributed by atoms with van der Waals surface area (Å²) >= 11 is 0. The van der Waals surface area contributed by atoms with Gasteiger partial charge in [-0.05, 0) is 25.1 Å². The van der Waals surface area contributed by atoms with E-state index >= 15 is 0 Å². The molecule has 0 aliphatic carbocycles. The minimum absolute atomic E-state index is 0.0793. The molecular weight excluding hydrogens is 209 g/mol. The number of amides is 1. The van der Waals surface area contributed by atoms with Gasteiger partial charge in [0, 0.05) is 25.8 Å². The fourth-order valence-corrected chi connectivity index (χ4v) is 1.74. The molecule has 1 N–H and O–H groups in total. The van der Waals surface area contributed by atoms with E-state index in [0.717, 1.165) is 19.5 Å². The van der Waals surface area contributed by atoms with E-state index < -0.39 is 5.82 Å². The largest absolute Gasteiger partial charge is 0.336 e. The normalized spacial score (nSPS) is 16.9. The molecule has 1 fully saturated rings. The molecule has 1 aromatic heterocycles. The highest BCUT2D eigenvalue weighted by atomic mass is 19.1. The molecular formula is C11H14FN3O. The van der Waals surface area contributed by atoms with Crippen LogP contribution in [0.25, 0.3) is 0 Å². The number of aromatic nitrogens is 1. The number of halogens is 1. The van der Waals surface area contributed by atoms with Gasteiger partial charge in [0.15, 0.2) is 11.5 Å². The van der Waals surface area contributed by atoms with Gasteiger partial charge >= 0.3 is 0 Å². The van der Waals surface area contributed by atoms with Crippen LogP contribution in [-0.4, -0.2) is 42.0 Å². The topological polar surface area (TPSA) is 45.2 Å². The number of hydrogen-bond acceptors (Lipinski definition) is 3. The van der Waals surface area contributed by atoms with Gasteiger partial charge in [-0.1, -0.05) is 0 Å². The third-order valence-corrected chi connectivity index (χ3v) is 2.59. The molecule has 0 aromatic carbocycles. The molecule has 0 spiro atoms. The predicted molar refractivity (Wildman–Crippen MR) is 57.6 cm³/mol. The number of hydrogen-bond donors (Lipinski definition) is 1. The number of nitrogens with zero attached hydrogens (tertiary/aromatic N) is 2. The van der Waals surface area contributed by atoms with E-state index in [9.17, 15) is 9.18 Å². The van der Waals surface area contributed by atoms with Gasteiger partial charge in [-0.25, -0.2) is 9.37 Å². The first-order valence-electron chi connectivity index (χ1n) is 5.39. The summed E-state index contributed by atoms with van der Waals surface area (Å²) in [7, 11) is 0. The molecule has 0 saturated carbocycles. The number of pyridine rings is 1. The number of carbonyl (C=O) groups is 1. The second-order valence-corrected chi connectivity index (χ2v) is 3.73. The Morgan fingerprint density at radius 3 is 3.12 bits per heavy atom. The lowest BCUT2D eigenvalue weighted by molar-refractivity contribution is 0.0755. The van der Waals surface area contributed by atoms with Crippen molar-refractivity contribution in [2.24, 2.45) is 0 Å². The highest BCUT2D eigenvalue weighted by molar-refractivity contribution is 5.92. The average molecular weight is 223 g/mol. The van der Waals surface area contributed by atoms with Crippen LogP contribution in [0.1, 0.15) is 16.9 Å². The van der Waals surface area contributed by atoms with Crippen LogP contribution in [0.2, 0.25) is 0 Å². The summed E-state index contributed by atoms with van der Waals surface area (Å²) in [5, 5.41) is 3.19. The molecule has 0 atom stereocenters. The van der Waals surface area contributed by atoms with Crippen molar-refractivity contribution in [2.75, 3.05) is 26.2 Å². The van der Waals surface area contributed by atoms with Crippen molar-refractivity contribution in [2.45, 2.75) is 6.42 Å². The van der Waals surface area contributed by atoms with Crippen LogP contribution in [0, 0.1) is 5.82 Å². The Morgan fingerprint density at radius 1 is 1.44 bits per heavy atom. The standard InChI is InChI=1S/C11H14FN3O/c12-9-3-1-5-14-10(9)11(16)15-7-2-4-13-6-8-15/h1,3,5,13H,2,4,6-8H2. The summed E-state index contributed by atoms with van der Waals surface area (Å²) in [5.41, 5.74) is -0.0793. The Labute approximate surface area is 93.5 Å². The molecule has 0 unspecified atom stereocenters. The van der Waals surface area contributed by atoms with Crippen LogP contribution in [0.5, 0.6) is 0 Å². The summed E-state index contributed by atoms with van der Waals surface area (Å²) in [4.78, 5) is 17.4. The van der Waals surface area contributed by atoms with E-state index in [1.807, 2.05) is 0 Å². The third-order valence-electron chi connectivity index (χ3n) is 2.59. The SMILES string of the molecule is O=C(c1ncccc1F)N1CCCNCC1. The second kappa shape index (κ2) is 5.03. The summed E-state index contributed by atoms with van der Waals surface area (Å²) in [5.74, 6) is -0.869. The van der Waals surface area contributed by atoms with E-state index in [-0.39, 0.29) is 11.6 Å². The number of nitrogens with one attached hydrogen (secondary N) is 1. The van der Waals surface area contributed by atoms with Crippen molar-refractivity contribution >= 4 is 5.91 Å². The van der Waals surface area contributed by atoms with Gasteiger partial charge in [0.1, 0.15) is 0 Å². The minimum Gasteiger partial charge on any atom is -0.336 e. The van der Waals surface area contributed by atoms with E-state index in [1.54, 1.807) is 4.90 Å². The monoisotopic (exact) mass is 223 g/mol. The molecule has 1 saturated heterocycles. The van der Waals surface area contributed by atoms with Gasteiger partial charge in [-0.3, -0.25) is 4.79 Å². The van der Waals surface area contributed by atoms with E-state index in [2.05, 4.69) is 10.3 Å². The van der Waals surface area contributed by atoms with Crippen LogP contribution < -0.4 is 5.32 Å². The first-order chi connectivity index (χ1) is 7.79. The van der Waals surface area contributed by atoms with Crippen LogP contribution in [-0.2, 0) is 0 Å². The van der Waals surface area contributed by atoms with Crippen LogP contribution in [0.3, 0.4) is 0 Å². The van der Waals surface area contributed by atoms with Crippen molar-refractivity contribution in [1.82, 2.24) is 15.2 Å². The molecule has 1 aromatic rings. The molecule has 0 bridgehead atoms. The summed E-state index contributed by atoms with van der Waals surface area (Å²) < 4.78 is 13.4. The fraction of sp³-hybridized carbons (Fsp3) is 0.455. The molecule has 86 valence electrons. The molecule has 1 aliphatic heterocycles. The smallest absolute Gasteiger partial charge is 0.275 e. The lowest BCUT2D eigenvalue weighted by Gasteiger charge is -2.19. The highest BCUT2D eigenvalue weighted by Gasteiger charge is 2.20. The van der Waals surface area contributed by atoms with E-state index in [1.165, 1.54) is 18.3 Å². The zero-order chi connectivity index (χ0) is 11.4. The van der Waals surface area contributed by atoms with Crippen LogP contribution >= 0.6 is 0 Å². The molecule has 1 amide bonds. The Balaban J connectivity index is 2.14. The second-order valence-electron chi connectivity index (χ2n) is 3.73. The fourth-order valence-electron chi connectivity index (χ4n) is 1.74. The first kappa shape index (κ1) is 11.0. The summed E-state index contributed by atoms with van der Waals surface area (Å²) in [6, 6.07) is 2.74. The molecule has 16 heavy (non-hydrogen) atoms. The van der Waals surface area contributed by atoms with Gasteiger partial charge in [-0.15, -0.1) is 0 Å². The Morgan fingerprint density at radius 2 is 2.31 bits per heavy atom. The maximum atomic E-state index is 13.4. The van der Waals surface area contributed by atoms with Crippen molar-refractivity contribution in [1.29, 1.82) is 0 Å². The van der Waals surface area contributed by atoms with Crippen molar-refractivity contribution in [3.05, 3.63) is 29.8 Å². The predicted octanol–water partition coefficient (Wildman–Crippen LogP) is 0.656. The first-order valence-corrected chi connectivity index (χ1v) is 5.39. The third kappa shape index (κ3) is 2.36. The minimum atomic E-state index is -0.551. The zero-order valence-electron chi connectivity index (χ0n) is 8.95. The zero-order valence-corrected chi connectivity index (χ0v) is 8.95. The van der Waals surface area contributed by atoms with Crippen LogP contribution in [0.4, 0.5) is 4.39 Å². The Hall–Kier alpha value is -1.49. The Bertz CT molecular complexity index is 375. The number of carbonyl (C=O) groups excluding carboxylic acids is 1. The molecule has 5 heteroatoms. The average Bonchev–Trinajstić information content (AvgIpc) is 2.57. The van der Waals surface area contributed by atoms with Crippen molar-refractivity contribution < 1.29 is 9.18 Å². The van der Waals surface area contributed by atoms with Gasteiger partial charge in [0.2, 0.25) is 0 Å². The van der Waals surface area contributed by atoms with Crippen molar-refractivity contribution in [3.8, 4) is 0 Å². The van der Waals surface area contributed by atoms with Crippen LogP contribution in [0.15, 0.2) is 18.3 Å². The lowest BCUT2D eigenvalue weighted by atomic mass is 10.3. The van der Waals surface area contributed by atoms with E-state index in [4.69, 9.17) is 0 Å². The molecule has 4 nitrogen and oxygen atoms in total. The summed E-state index contributed by atoms with van der Waals surface area (Å²) in [6.45, 7) is 2.91. The maximum absolute atomic E-state index is 13.4. The quantitative estimate of drug-likeness (QED) is 0.760.